The van der Waals surface area contributed by atoms with Crippen molar-refractivity contribution in [1.82, 2.24) is 5.16 Å². The summed E-state index contributed by atoms with van der Waals surface area (Å²) in [7, 11) is 0. The number of aryl methyl sites for hydroxylation is 1. The van der Waals surface area contributed by atoms with Crippen molar-refractivity contribution in [1.29, 1.82) is 0 Å². The molecule has 1 aromatic carbocycles. The lowest BCUT2D eigenvalue weighted by molar-refractivity contribution is 0.101. The van der Waals surface area contributed by atoms with Crippen LogP contribution in [0.15, 0.2) is 22.7 Å². The highest BCUT2D eigenvalue weighted by Crippen LogP contribution is 2.20. The summed E-state index contributed by atoms with van der Waals surface area (Å²) in [6.07, 6.45) is 0.814. The Labute approximate surface area is 81.7 Å². The molecule has 0 fully saturated rings. The average Bonchev–Trinajstić information content (AvgIpc) is 2.59. The molecule has 3 heteroatoms. The fourth-order valence-electron chi connectivity index (χ4n) is 1.46. The number of Topliss-reactive ketones (excluding diaryl/α,β-unsaturated/α-hetero) is 1. The largest absolute Gasteiger partial charge is 0.356 e. The first-order valence-electron chi connectivity index (χ1n) is 4.61. The minimum Gasteiger partial charge on any atom is -0.356 e. The fourth-order valence-corrected chi connectivity index (χ4v) is 1.46. The SMILES string of the molecule is CCc1noc2ccc(C(C)=O)cc12. The molecule has 0 saturated heterocycles. The van der Waals surface area contributed by atoms with E-state index in [9.17, 15) is 4.79 Å². The Kier molecular flexibility index (Phi) is 2.08. The van der Waals surface area contributed by atoms with Crippen molar-refractivity contribution < 1.29 is 9.32 Å². The van der Waals surface area contributed by atoms with Gasteiger partial charge in [-0.25, -0.2) is 0 Å². The molecule has 72 valence electrons. The summed E-state index contributed by atoms with van der Waals surface area (Å²) >= 11 is 0. The van der Waals surface area contributed by atoms with E-state index in [-0.39, 0.29) is 5.78 Å². The first-order chi connectivity index (χ1) is 6.72. The van der Waals surface area contributed by atoms with Crippen molar-refractivity contribution in [2.45, 2.75) is 20.3 Å². The van der Waals surface area contributed by atoms with Crippen LogP contribution in [0.25, 0.3) is 11.0 Å². The highest BCUT2D eigenvalue weighted by atomic mass is 16.5. The molecule has 0 radical (unpaired) electrons. The maximum atomic E-state index is 11.2. The Morgan fingerprint density at radius 2 is 2.29 bits per heavy atom. The van der Waals surface area contributed by atoms with Crippen LogP contribution < -0.4 is 0 Å². The van der Waals surface area contributed by atoms with Crippen LogP contribution >= 0.6 is 0 Å². The number of fused-ring (bicyclic) bond motifs is 1. The molecule has 0 atom stereocenters. The van der Waals surface area contributed by atoms with Crippen LogP contribution in [-0.2, 0) is 6.42 Å². The van der Waals surface area contributed by atoms with E-state index in [1.807, 2.05) is 13.0 Å². The van der Waals surface area contributed by atoms with E-state index < -0.39 is 0 Å². The predicted molar refractivity (Wildman–Crippen MR) is 53.4 cm³/mol. The first-order valence-corrected chi connectivity index (χ1v) is 4.61. The zero-order chi connectivity index (χ0) is 10.1. The monoisotopic (exact) mass is 189 g/mol. The number of ketones is 1. The molecule has 14 heavy (non-hydrogen) atoms. The van der Waals surface area contributed by atoms with Gasteiger partial charge in [0.05, 0.1) is 5.69 Å². The minimum absolute atomic E-state index is 0.0650. The van der Waals surface area contributed by atoms with Gasteiger partial charge < -0.3 is 4.52 Å². The summed E-state index contributed by atoms with van der Waals surface area (Å²) in [4.78, 5) is 11.2. The summed E-state index contributed by atoms with van der Waals surface area (Å²) in [5.41, 5.74) is 2.35. The molecule has 2 rings (SSSR count). The van der Waals surface area contributed by atoms with Gasteiger partial charge in [0.1, 0.15) is 0 Å². The molecular weight excluding hydrogens is 178 g/mol. The number of nitrogens with zero attached hydrogens (tertiary/aromatic N) is 1. The number of hydrogen-bond acceptors (Lipinski definition) is 3. The maximum absolute atomic E-state index is 11.2. The molecule has 0 spiro atoms. The first kappa shape index (κ1) is 8.94. The molecule has 0 bridgehead atoms. The third kappa shape index (κ3) is 1.31. The molecule has 1 heterocycles. The standard InChI is InChI=1S/C11H11NO2/c1-3-10-9-6-8(7(2)13)4-5-11(9)14-12-10/h4-6H,3H2,1-2H3. The van der Waals surface area contributed by atoms with E-state index in [0.717, 1.165) is 23.1 Å². The quantitative estimate of drug-likeness (QED) is 0.682. The van der Waals surface area contributed by atoms with E-state index in [1.54, 1.807) is 19.1 Å². The van der Waals surface area contributed by atoms with Gasteiger partial charge in [-0.2, -0.15) is 0 Å². The molecule has 1 aromatic heterocycles. The topological polar surface area (TPSA) is 43.1 Å². The fraction of sp³-hybridized carbons (Fsp3) is 0.273. The number of hydrogen-bond donors (Lipinski definition) is 0. The number of benzene rings is 1. The maximum Gasteiger partial charge on any atom is 0.167 e. The second kappa shape index (κ2) is 3.25. The average molecular weight is 189 g/mol. The Morgan fingerprint density at radius 1 is 1.50 bits per heavy atom. The molecule has 0 aliphatic heterocycles. The third-order valence-electron chi connectivity index (χ3n) is 2.29. The number of carbonyl (C=O) groups excluding carboxylic acids is 1. The highest BCUT2D eigenvalue weighted by molar-refractivity contribution is 5.97. The highest BCUT2D eigenvalue weighted by Gasteiger charge is 2.08. The second-order valence-corrected chi connectivity index (χ2v) is 3.25. The van der Waals surface area contributed by atoms with E-state index in [4.69, 9.17) is 4.52 Å². The number of carbonyl (C=O) groups is 1. The van der Waals surface area contributed by atoms with Crippen LogP contribution in [0.1, 0.15) is 29.9 Å². The molecule has 0 amide bonds. The molecule has 2 aromatic rings. The predicted octanol–water partition coefficient (Wildman–Crippen LogP) is 2.59. The zero-order valence-corrected chi connectivity index (χ0v) is 8.20. The van der Waals surface area contributed by atoms with Gasteiger partial charge in [0.25, 0.3) is 0 Å². The lowest BCUT2D eigenvalue weighted by atomic mass is 10.1. The third-order valence-corrected chi connectivity index (χ3v) is 2.29. The van der Waals surface area contributed by atoms with Crippen LogP contribution in [0.4, 0.5) is 0 Å². The van der Waals surface area contributed by atoms with Crippen LogP contribution in [-0.4, -0.2) is 10.9 Å². The molecule has 3 nitrogen and oxygen atoms in total. The molecule has 0 aliphatic carbocycles. The van der Waals surface area contributed by atoms with E-state index in [2.05, 4.69) is 5.16 Å². The lowest BCUT2D eigenvalue weighted by Crippen LogP contribution is -1.91. The Morgan fingerprint density at radius 3 is 2.93 bits per heavy atom. The van der Waals surface area contributed by atoms with Gasteiger partial charge in [0, 0.05) is 10.9 Å². The normalized spacial score (nSPS) is 10.7. The van der Waals surface area contributed by atoms with Crippen molar-refractivity contribution >= 4 is 16.8 Å². The van der Waals surface area contributed by atoms with Gasteiger partial charge >= 0.3 is 0 Å². The summed E-state index contributed by atoms with van der Waals surface area (Å²) in [6.45, 7) is 3.57. The van der Waals surface area contributed by atoms with Gasteiger partial charge in [0.2, 0.25) is 0 Å². The van der Waals surface area contributed by atoms with Gasteiger partial charge in [-0.15, -0.1) is 0 Å². The van der Waals surface area contributed by atoms with Crippen molar-refractivity contribution in [2.24, 2.45) is 0 Å². The van der Waals surface area contributed by atoms with Crippen LogP contribution in [0.5, 0.6) is 0 Å². The molecule has 0 aliphatic rings. The number of aromatic nitrogens is 1. The van der Waals surface area contributed by atoms with Gasteiger partial charge in [-0.3, -0.25) is 4.79 Å². The van der Waals surface area contributed by atoms with Crippen molar-refractivity contribution in [3.05, 3.63) is 29.5 Å². The Bertz CT molecular complexity index is 485. The van der Waals surface area contributed by atoms with E-state index in [0.29, 0.717) is 5.56 Å². The van der Waals surface area contributed by atoms with Crippen LogP contribution in [0, 0.1) is 0 Å². The second-order valence-electron chi connectivity index (χ2n) is 3.25. The molecule has 0 N–H and O–H groups in total. The molecule has 0 saturated carbocycles. The van der Waals surface area contributed by atoms with Crippen molar-refractivity contribution in [2.75, 3.05) is 0 Å². The van der Waals surface area contributed by atoms with Gasteiger partial charge in [0.15, 0.2) is 11.4 Å². The summed E-state index contributed by atoms with van der Waals surface area (Å²) < 4.78 is 5.11. The van der Waals surface area contributed by atoms with Gasteiger partial charge in [-0.1, -0.05) is 12.1 Å². The lowest BCUT2D eigenvalue weighted by Gasteiger charge is -1.94. The molecule has 0 unspecified atom stereocenters. The smallest absolute Gasteiger partial charge is 0.167 e. The molecular formula is C11H11NO2. The Hall–Kier alpha value is -1.64. The van der Waals surface area contributed by atoms with Crippen LogP contribution in [0.2, 0.25) is 0 Å². The summed E-state index contributed by atoms with van der Waals surface area (Å²) in [5, 5.41) is 4.87. The van der Waals surface area contributed by atoms with Crippen molar-refractivity contribution in [3.8, 4) is 0 Å². The summed E-state index contributed by atoms with van der Waals surface area (Å²) in [6, 6.07) is 5.39. The minimum atomic E-state index is 0.0650. The van der Waals surface area contributed by atoms with Crippen LogP contribution in [0.3, 0.4) is 0 Å². The van der Waals surface area contributed by atoms with Crippen molar-refractivity contribution in [3.63, 3.8) is 0 Å². The van der Waals surface area contributed by atoms with E-state index >= 15 is 0 Å². The Balaban J connectivity index is 2.67. The van der Waals surface area contributed by atoms with Gasteiger partial charge in [-0.05, 0) is 31.5 Å². The van der Waals surface area contributed by atoms with E-state index in [1.165, 1.54) is 0 Å². The zero-order valence-electron chi connectivity index (χ0n) is 8.20. The summed E-state index contributed by atoms with van der Waals surface area (Å²) in [5.74, 6) is 0.0650. The number of rotatable bonds is 2.